The van der Waals surface area contributed by atoms with Crippen molar-refractivity contribution in [2.75, 3.05) is 0 Å². The fraction of sp³-hybridized carbons (Fsp3) is 0.0333. The molecule has 0 unspecified atom stereocenters. The van der Waals surface area contributed by atoms with Gasteiger partial charge in [0.05, 0.1) is 5.56 Å². The van der Waals surface area contributed by atoms with Gasteiger partial charge in [-0.3, -0.25) is 14.4 Å². The van der Waals surface area contributed by atoms with Crippen molar-refractivity contribution < 1.29 is 19.5 Å². The first-order valence-electron chi connectivity index (χ1n) is 10.6. The Morgan fingerprint density at radius 1 is 0.647 bits per heavy atom. The molecule has 170 valence electrons. The number of phenolic OH excluding ortho intramolecular Hbond substituents is 1. The Morgan fingerprint density at radius 3 is 1.56 bits per heavy atom. The van der Waals surface area contributed by atoms with Crippen molar-refractivity contribution in [3.8, 4) is 5.75 Å². The van der Waals surface area contributed by atoms with Gasteiger partial charge in [0, 0.05) is 11.1 Å². The number of carbonyl (C=O) groups excluding carboxylic acids is 3. The molecule has 0 aromatic heterocycles. The summed E-state index contributed by atoms with van der Waals surface area (Å²) in [5.74, 6) is -0.0715. The Morgan fingerprint density at radius 2 is 1.12 bits per heavy atom. The standard InChI is InChI=1S/C15H12O2.C8H8O.C7H6O/c16-14-9-5-4-8-13(14)15(17)11-10-12-6-2-1-3-7-12;1-7(9)8-5-3-2-4-6-8;8-6-7-4-2-1-3-5-7/h1-11,16H;2-6H,1H3;1-6H/b11-10+;;. The molecule has 4 rings (SSSR count). The number of hydrogen-bond acceptors (Lipinski definition) is 4. The predicted molar refractivity (Wildman–Crippen MR) is 136 cm³/mol. The molecule has 0 heterocycles. The number of allylic oxidation sites excluding steroid dienone is 1. The number of para-hydroxylation sites is 1. The number of benzene rings is 4. The number of ketones is 2. The number of phenols is 1. The summed E-state index contributed by atoms with van der Waals surface area (Å²) in [6.07, 6.45) is 4.03. The molecule has 0 radical (unpaired) electrons. The van der Waals surface area contributed by atoms with Gasteiger partial charge >= 0.3 is 0 Å². The van der Waals surface area contributed by atoms with E-state index in [0.717, 1.165) is 23.0 Å². The van der Waals surface area contributed by atoms with Crippen molar-refractivity contribution >= 4 is 23.9 Å². The summed E-state index contributed by atoms with van der Waals surface area (Å²) in [6.45, 7) is 1.56. The van der Waals surface area contributed by atoms with Crippen molar-refractivity contribution in [3.05, 3.63) is 144 Å². The molecule has 0 saturated carbocycles. The van der Waals surface area contributed by atoms with E-state index in [4.69, 9.17) is 0 Å². The Balaban J connectivity index is 0.000000201. The third-order valence-electron chi connectivity index (χ3n) is 4.51. The van der Waals surface area contributed by atoms with Gasteiger partial charge in [0.15, 0.2) is 11.6 Å². The maximum atomic E-state index is 11.8. The second kappa shape index (κ2) is 14.5. The molecule has 0 atom stereocenters. The molecule has 1 N–H and O–H groups in total. The summed E-state index contributed by atoms with van der Waals surface area (Å²) in [5, 5.41) is 9.52. The minimum absolute atomic E-state index is 0.00946. The largest absolute Gasteiger partial charge is 0.507 e. The first-order valence-corrected chi connectivity index (χ1v) is 10.6. The number of Topliss-reactive ketones (excluding diaryl/α,β-unsaturated/α-hetero) is 1. The van der Waals surface area contributed by atoms with Crippen LogP contribution < -0.4 is 0 Å². The molecule has 4 aromatic rings. The molecule has 0 bridgehead atoms. The summed E-state index contributed by atoms with van der Waals surface area (Å²) < 4.78 is 0. The second-order valence-electron chi connectivity index (χ2n) is 7.08. The van der Waals surface area contributed by atoms with E-state index >= 15 is 0 Å². The molecule has 34 heavy (non-hydrogen) atoms. The average molecular weight is 451 g/mol. The van der Waals surface area contributed by atoms with Gasteiger partial charge in [-0.2, -0.15) is 0 Å². The van der Waals surface area contributed by atoms with Crippen LogP contribution in [0.25, 0.3) is 6.08 Å². The highest BCUT2D eigenvalue weighted by Gasteiger charge is 2.06. The fourth-order valence-electron chi connectivity index (χ4n) is 2.71. The maximum Gasteiger partial charge on any atom is 0.189 e. The van der Waals surface area contributed by atoms with Gasteiger partial charge in [0.1, 0.15) is 12.0 Å². The van der Waals surface area contributed by atoms with Gasteiger partial charge in [-0.05, 0) is 30.7 Å². The highest BCUT2D eigenvalue weighted by atomic mass is 16.3. The summed E-state index contributed by atoms with van der Waals surface area (Å²) in [7, 11) is 0. The van der Waals surface area contributed by atoms with Crippen LogP contribution in [-0.2, 0) is 0 Å². The number of hydrogen-bond donors (Lipinski definition) is 1. The third-order valence-corrected chi connectivity index (χ3v) is 4.51. The van der Waals surface area contributed by atoms with Crippen molar-refractivity contribution in [2.24, 2.45) is 0 Å². The molecule has 0 aliphatic carbocycles. The Bertz CT molecular complexity index is 1200. The first kappa shape index (κ1) is 25.7. The normalized spacial score (nSPS) is 9.68. The molecule has 0 aliphatic heterocycles. The van der Waals surface area contributed by atoms with Gasteiger partial charge in [-0.15, -0.1) is 0 Å². The zero-order valence-corrected chi connectivity index (χ0v) is 18.9. The molecular formula is C30H26O4. The van der Waals surface area contributed by atoms with Gasteiger partial charge in [0.2, 0.25) is 0 Å². The summed E-state index contributed by atoms with van der Waals surface area (Å²) in [4.78, 5) is 32.4. The highest BCUT2D eigenvalue weighted by Crippen LogP contribution is 2.17. The van der Waals surface area contributed by atoms with E-state index in [1.165, 1.54) is 12.1 Å². The van der Waals surface area contributed by atoms with E-state index < -0.39 is 0 Å². The number of carbonyl (C=O) groups is 3. The summed E-state index contributed by atoms with van der Waals surface area (Å²) in [5.41, 5.74) is 2.78. The molecule has 4 nitrogen and oxygen atoms in total. The SMILES string of the molecule is CC(=O)c1ccccc1.O=C(/C=C/c1ccccc1)c1ccccc1O.O=Cc1ccccc1. The van der Waals surface area contributed by atoms with Crippen LogP contribution in [0.1, 0.15) is 43.6 Å². The Kier molecular flexibility index (Phi) is 10.9. The van der Waals surface area contributed by atoms with Crippen LogP contribution in [0.2, 0.25) is 0 Å². The molecule has 0 aliphatic rings. The average Bonchev–Trinajstić information content (AvgIpc) is 2.90. The molecule has 4 heteroatoms. The predicted octanol–water partition coefficient (Wildman–Crippen LogP) is 6.68. The van der Waals surface area contributed by atoms with E-state index in [0.29, 0.717) is 5.56 Å². The Hall–Kier alpha value is -4.57. The fourth-order valence-corrected chi connectivity index (χ4v) is 2.71. The quantitative estimate of drug-likeness (QED) is 0.209. The Labute approximate surface area is 199 Å². The number of aromatic hydroxyl groups is 1. The van der Waals surface area contributed by atoms with Crippen LogP contribution in [-0.4, -0.2) is 23.0 Å². The molecule has 4 aromatic carbocycles. The lowest BCUT2D eigenvalue weighted by Crippen LogP contribution is -1.93. The number of rotatable bonds is 5. The monoisotopic (exact) mass is 450 g/mol. The van der Waals surface area contributed by atoms with Crippen LogP contribution in [0.15, 0.2) is 121 Å². The highest BCUT2D eigenvalue weighted by molar-refractivity contribution is 6.08. The molecule has 0 amide bonds. The van der Waals surface area contributed by atoms with Crippen LogP contribution in [0.4, 0.5) is 0 Å². The lowest BCUT2D eigenvalue weighted by Gasteiger charge is -1.98. The molecular weight excluding hydrogens is 424 g/mol. The van der Waals surface area contributed by atoms with Gasteiger partial charge in [0.25, 0.3) is 0 Å². The first-order chi connectivity index (χ1) is 16.5. The molecule has 0 spiro atoms. The van der Waals surface area contributed by atoms with Gasteiger partial charge in [-0.25, -0.2) is 0 Å². The van der Waals surface area contributed by atoms with Crippen molar-refractivity contribution in [1.29, 1.82) is 0 Å². The van der Waals surface area contributed by atoms with E-state index in [1.807, 2.05) is 78.9 Å². The molecule has 0 saturated heterocycles. The topological polar surface area (TPSA) is 71.4 Å². The van der Waals surface area contributed by atoms with E-state index in [-0.39, 0.29) is 17.3 Å². The van der Waals surface area contributed by atoms with E-state index in [2.05, 4.69) is 0 Å². The van der Waals surface area contributed by atoms with E-state index in [9.17, 15) is 19.5 Å². The lowest BCUT2D eigenvalue weighted by molar-refractivity contribution is 0.101. The van der Waals surface area contributed by atoms with Crippen LogP contribution in [0, 0.1) is 0 Å². The molecule has 0 fully saturated rings. The van der Waals surface area contributed by atoms with Crippen LogP contribution in [0.3, 0.4) is 0 Å². The lowest BCUT2D eigenvalue weighted by atomic mass is 10.1. The van der Waals surface area contributed by atoms with Crippen LogP contribution in [0.5, 0.6) is 5.75 Å². The van der Waals surface area contributed by atoms with Gasteiger partial charge in [-0.1, -0.05) is 109 Å². The van der Waals surface area contributed by atoms with Gasteiger partial charge < -0.3 is 5.11 Å². The minimum Gasteiger partial charge on any atom is -0.507 e. The van der Waals surface area contributed by atoms with Crippen molar-refractivity contribution in [3.63, 3.8) is 0 Å². The van der Waals surface area contributed by atoms with Crippen molar-refractivity contribution in [1.82, 2.24) is 0 Å². The minimum atomic E-state index is -0.202. The number of aldehydes is 1. The summed E-state index contributed by atoms with van der Waals surface area (Å²) in [6, 6.07) is 34.4. The van der Waals surface area contributed by atoms with Crippen LogP contribution >= 0.6 is 0 Å². The zero-order chi connectivity index (χ0) is 24.6. The van der Waals surface area contributed by atoms with Crippen molar-refractivity contribution in [2.45, 2.75) is 6.92 Å². The summed E-state index contributed by atoms with van der Waals surface area (Å²) >= 11 is 0. The van der Waals surface area contributed by atoms with E-state index in [1.54, 1.807) is 43.3 Å². The zero-order valence-electron chi connectivity index (χ0n) is 18.9. The third kappa shape index (κ3) is 9.28. The maximum absolute atomic E-state index is 11.8. The second-order valence-corrected chi connectivity index (χ2v) is 7.08. The smallest absolute Gasteiger partial charge is 0.189 e.